The number of likely N-dealkylation sites (N-methyl/N-ethyl adjacent to an activating group) is 1. The van der Waals surface area contributed by atoms with Crippen LogP contribution in [0.2, 0.25) is 0 Å². The van der Waals surface area contributed by atoms with Crippen LogP contribution in [0.4, 0.5) is 18.9 Å². The van der Waals surface area contributed by atoms with E-state index >= 15 is 0 Å². The number of hydrogen-bond acceptors (Lipinski definition) is 9. The Hall–Kier alpha value is -3.43. The van der Waals surface area contributed by atoms with Gasteiger partial charge < -0.3 is 24.6 Å². The van der Waals surface area contributed by atoms with E-state index in [1.165, 1.54) is 34.2 Å². The fourth-order valence-electron chi connectivity index (χ4n) is 4.49. The van der Waals surface area contributed by atoms with Crippen LogP contribution in [0.1, 0.15) is 6.04 Å². The molecule has 5 rings (SSSR count). The third kappa shape index (κ3) is 4.54. The number of aliphatic hydroxyl groups is 2. The number of thiazole rings is 1. The van der Waals surface area contributed by atoms with E-state index in [-0.39, 0.29) is 11.3 Å². The van der Waals surface area contributed by atoms with Crippen molar-refractivity contribution in [1.29, 1.82) is 0 Å². The Morgan fingerprint density at radius 1 is 1.24 bits per heavy atom. The van der Waals surface area contributed by atoms with E-state index in [1.54, 1.807) is 30.8 Å². The van der Waals surface area contributed by atoms with Gasteiger partial charge in [-0.15, -0.1) is 16.4 Å². The molecule has 1 aliphatic heterocycles. The molecular formula is C24H22F3N5O5S. The number of fused-ring (bicyclic) bond motifs is 1. The molecule has 10 nitrogen and oxygen atoms in total. The number of rotatable bonds is 6. The first-order valence-corrected chi connectivity index (χ1v) is 12.3. The van der Waals surface area contributed by atoms with E-state index in [2.05, 4.69) is 15.3 Å². The first-order valence-electron chi connectivity index (χ1n) is 11.4. The molecule has 0 bridgehead atoms. The third-order valence-electron chi connectivity index (χ3n) is 6.51. The van der Waals surface area contributed by atoms with Gasteiger partial charge >= 0.3 is 0 Å². The van der Waals surface area contributed by atoms with Crippen LogP contribution in [-0.2, 0) is 14.3 Å². The fraction of sp³-hybridized carbons (Fsp3) is 0.333. The molecule has 1 fully saturated rings. The molecule has 2 aromatic heterocycles. The molecule has 1 aliphatic rings. The Labute approximate surface area is 217 Å². The number of hydrogen-bond donors (Lipinski definition) is 2. The molecule has 0 aliphatic carbocycles. The molecule has 2 aromatic carbocycles. The number of methoxy groups -OCH3 is 1. The number of benzene rings is 2. The molecule has 4 aromatic rings. The number of amides is 1. The number of nitrogens with zero attached hydrogens (tertiary/aromatic N) is 5. The first kappa shape index (κ1) is 26.2. The highest BCUT2D eigenvalue weighted by Crippen LogP contribution is 2.34. The number of anilines is 1. The number of ether oxygens (including phenoxy) is 2. The molecule has 0 saturated carbocycles. The van der Waals surface area contributed by atoms with Crippen molar-refractivity contribution >= 4 is 33.1 Å². The zero-order valence-electron chi connectivity index (χ0n) is 20.0. The largest absolute Gasteiger partial charge is 0.394 e. The number of aliphatic hydroxyl groups excluding tert-OH is 2. The van der Waals surface area contributed by atoms with Gasteiger partial charge in [-0.3, -0.25) is 4.79 Å². The van der Waals surface area contributed by atoms with Crippen LogP contribution in [0.15, 0.2) is 42.0 Å². The van der Waals surface area contributed by atoms with Crippen molar-refractivity contribution in [2.45, 2.75) is 30.5 Å². The van der Waals surface area contributed by atoms with Crippen molar-refractivity contribution in [2.75, 3.05) is 25.7 Å². The molecule has 38 heavy (non-hydrogen) atoms. The van der Waals surface area contributed by atoms with Crippen molar-refractivity contribution in [3.05, 3.63) is 59.5 Å². The summed E-state index contributed by atoms with van der Waals surface area (Å²) >= 11 is 1.42. The maximum atomic E-state index is 13.8. The van der Waals surface area contributed by atoms with E-state index in [0.717, 1.165) is 22.3 Å². The van der Waals surface area contributed by atoms with Crippen LogP contribution in [0, 0.1) is 17.5 Å². The first-order chi connectivity index (χ1) is 18.2. The zero-order chi connectivity index (χ0) is 27.1. The quantitative estimate of drug-likeness (QED) is 0.352. The minimum atomic E-state index is -1.62. The van der Waals surface area contributed by atoms with E-state index in [0.29, 0.717) is 5.69 Å². The van der Waals surface area contributed by atoms with Gasteiger partial charge in [0.1, 0.15) is 30.0 Å². The topological polar surface area (TPSA) is 123 Å². The Balaban J connectivity index is 1.47. The highest BCUT2D eigenvalue weighted by Gasteiger charge is 2.50. The summed E-state index contributed by atoms with van der Waals surface area (Å²) < 4.78 is 54.4. The van der Waals surface area contributed by atoms with Crippen LogP contribution in [-0.4, -0.2) is 81.3 Å². The molecule has 0 radical (unpaired) electrons. The minimum absolute atomic E-state index is 0.0188. The average Bonchev–Trinajstić information content (AvgIpc) is 3.59. The predicted molar refractivity (Wildman–Crippen MR) is 130 cm³/mol. The molecule has 0 unspecified atom stereocenters. The van der Waals surface area contributed by atoms with Crippen molar-refractivity contribution < 1.29 is 37.7 Å². The van der Waals surface area contributed by atoms with Crippen LogP contribution in [0.5, 0.6) is 0 Å². The average molecular weight is 550 g/mol. The van der Waals surface area contributed by atoms with Crippen LogP contribution < -0.4 is 4.90 Å². The maximum absolute atomic E-state index is 13.8. The van der Waals surface area contributed by atoms with Gasteiger partial charge in [0.05, 0.1) is 28.5 Å². The van der Waals surface area contributed by atoms with Gasteiger partial charge in [-0.05, 0) is 30.3 Å². The lowest BCUT2D eigenvalue weighted by molar-refractivity contribution is -0.211. The second kappa shape index (κ2) is 10.4. The van der Waals surface area contributed by atoms with E-state index < -0.39 is 60.4 Å². The lowest BCUT2D eigenvalue weighted by Crippen LogP contribution is -2.60. The summed E-state index contributed by atoms with van der Waals surface area (Å²) in [5.74, 6) is -4.94. The van der Waals surface area contributed by atoms with Gasteiger partial charge in [-0.25, -0.2) is 22.8 Å². The summed E-state index contributed by atoms with van der Waals surface area (Å²) in [5.41, 5.74) is 2.94. The number of aromatic nitrogens is 4. The number of carbonyl (C=O) groups excluding carboxylic acids is 1. The summed E-state index contributed by atoms with van der Waals surface area (Å²) in [6, 6.07) is 5.74. The molecule has 0 spiro atoms. The van der Waals surface area contributed by atoms with Crippen molar-refractivity contribution in [1.82, 2.24) is 20.0 Å². The van der Waals surface area contributed by atoms with Gasteiger partial charge in [-0.2, -0.15) is 0 Å². The van der Waals surface area contributed by atoms with Crippen LogP contribution >= 0.6 is 11.3 Å². The van der Waals surface area contributed by atoms with Crippen molar-refractivity contribution in [3.8, 4) is 11.3 Å². The van der Waals surface area contributed by atoms with Crippen LogP contribution in [0.25, 0.3) is 21.5 Å². The summed E-state index contributed by atoms with van der Waals surface area (Å²) in [6.07, 6.45) is -3.70. The Morgan fingerprint density at radius 3 is 2.66 bits per heavy atom. The van der Waals surface area contributed by atoms with Gasteiger partial charge in [0.25, 0.3) is 5.91 Å². The van der Waals surface area contributed by atoms with Gasteiger partial charge in [0.15, 0.2) is 23.6 Å². The predicted octanol–water partition coefficient (Wildman–Crippen LogP) is 2.31. The SMILES string of the molecule is CO[C@@H]1[C@@H](n2cc(-c3cc(F)c(F)c(F)c3)nn2)[C@@H](O)[C@@H](CO)O[C@H]1C(=O)N(C)c1ccc2ncsc2c1. The standard InChI is InChI=1S/C24H22F3N5O5S/c1-31(12-3-4-15-18(7-12)38-10-28-15)24(35)23-22(36-2)20(21(34)17(9-33)37-23)32-8-16(29-30-32)11-5-13(25)19(27)14(26)6-11/h3-8,10,17,20-23,33-34H,9H2,1-2H3/t17-,20+,21+,22-,23-/m1/s1. The lowest BCUT2D eigenvalue weighted by atomic mass is 9.91. The summed E-state index contributed by atoms with van der Waals surface area (Å²) in [7, 11) is 2.87. The molecule has 1 saturated heterocycles. The number of carbonyl (C=O) groups is 1. The van der Waals surface area contributed by atoms with Crippen LogP contribution in [0.3, 0.4) is 0 Å². The molecule has 1 amide bonds. The smallest absolute Gasteiger partial charge is 0.258 e. The molecule has 5 atom stereocenters. The molecular weight excluding hydrogens is 527 g/mol. The van der Waals surface area contributed by atoms with Crippen molar-refractivity contribution in [2.24, 2.45) is 0 Å². The zero-order valence-corrected chi connectivity index (χ0v) is 20.8. The molecule has 3 heterocycles. The Kier molecular flexibility index (Phi) is 7.15. The van der Waals surface area contributed by atoms with E-state index in [4.69, 9.17) is 9.47 Å². The van der Waals surface area contributed by atoms with E-state index in [9.17, 15) is 28.2 Å². The maximum Gasteiger partial charge on any atom is 0.258 e. The Bertz CT molecular complexity index is 1460. The Morgan fingerprint density at radius 2 is 1.97 bits per heavy atom. The van der Waals surface area contributed by atoms with Gasteiger partial charge in [0, 0.05) is 25.4 Å². The highest BCUT2D eigenvalue weighted by atomic mass is 32.1. The van der Waals surface area contributed by atoms with Crippen molar-refractivity contribution in [3.63, 3.8) is 0 Å². The molecule has 14 heteroatoms. The normalized spacial score (nSPS) is 23.6. The second-order valence-corrected chi connectivity index (χ2v) is 9.58. The van der Waals surface area contributed by atoms with E-state index in [1.807, 2.05) is 0 Å². The number of halogens is 3. The fourth-order valence-corrected chi connectivity index (χ4v) is 5.20. The second-order valence-electron chi connectivity index (χ2n) is 8.70. The lowest BCUT2D eigenvalue weighted by Gasteiger charge is -2.43. The van der Waals surface area contributed by atoms with Gasteiger partial charge in [0.2, 0.25) is 0 Å². The summed E-state index contributed by atoms with van der Waals surface area (Å²) in [6.45, 7) is -0.621. The summed E-state index contributed by atoms with van der Waals surface area (Å²) in [4.78, 5) is 19.2. The van der Waals surface area contributed by atoms with Gasteiger partial charge in [-0.1, -0.05) is 5.21 Å². The third-order valence-corrected chi connectivity index (χ3v) is 7.30. The summed E-state index contributed by atoms with van der Waals surface area (Å²) in [5, 5.41) is 28.7. The highest BCUT2D eigenvalue weighted by molar-refractivity contribution is 7.16. The minimum Gasteiger partial charge on any atom is -0.394 e. The molecule has 2 N–H and O–H groups in total. The molecule has 200 valence electrons. The monoisotopic (exact) mass is 549 g/mol.